The standard InChI is InChI=1S/C13H14ClNO6/c1-20-11(17)6-15(7-12(18)21-2)13(19)9-5-8(16)3-4-10(9)14/h3-5,16H,6-7H2,1-2H3. The smallest absolute Gasteiger partial charge is 0.325 e. The Morgan fingerprint density at radius 3 is 2.14 bits per heavy atom. The summed E-state index contributed by atoms with van der Waals surface area (Å²) in [5.41, 5.74) is -0.0375. The molecule has 0 bridgehead atoms. The van der Waals surface area contributed by atoms with Crippen molar-refractivity contribution in [2.45, 2.75) is 0 Å². The van der Waals surface area contributed by atoms with E-state index in [0.29, 0.717) is 0 Å². The Bertz CT molecular complexity index is 542. The number of rotatable bonds is 5. The van der Waals surface area contributed by atoms with Crippen molar-refractivity contribution in [2.75, 3.05) is 27.3 Å². The zero-order chi connectivity index (χ0) is 16.0. The molecule has 0 saturated carbocycles. The van der Waals surface area contributed by atoms with E-state index in [9.17, 15) is 19.5 Å². The Labute approximate surface area is 126 Å². The number of amides is 1. The summed E-state index contributed by atoms with van der Waals surface area (Å²) in [6, 6.07) is 3.79. The molecule has 0 unspecified atom stereocenters. The predicted octanol–water partition coefficient (Wildman–Crippen LogP) is 0.834. The number of carbonyl (C=O) groups excluding carboxylic acids is 3. The van der Waals surface area contributed by atoms with Gasteiger partial charge in [-0.15, -0.1) is 0 Å². The van der Waals surface area contributed by atoms with Crippen LogP contribution in [0.1, 0.15) is 10.4 Å². The monoisotopic (exact) mass is 315 g/mol. The lowest BCUT2D eigenvalue weighted by Crippen LogP contribution is -2.40. The second-order valence-corrected chi connectivity index (χ2v) is 4.38. The molecule has 0 spiro atoms. The number of esters is 2. The van der Waals surface area contributed by atoms with Crippen molar-refractivity contribution < 1.29 is 29.0 Å². The maximum atomic E-state index is 12.3. The first-order valence-electron chi connectivity index (χ1n) is 5.80. The van der Waals surface area contributed by atoms with Crippen molar-refractivity contribution in [1.29, 1.82) is 0 Å². The van der Waals surface area contributed by atoms with Gasteiger partial charge < -0.3 is 19.5 Å². The minimum atomic E-state index is -0.705. The van der Waals surface area contributed by atoms with Gasteiger partial charge in [-0.3, -0.25) is 14.4 Å². The van der Waals surface area contributed by atoms with Crippen LogP contribution in [0, 0.1) is 0 Å². The first-order valence-corrected chi connectivity index (χ1v) is 6.18. The molecule has 114 valence electrons. The third-order valence-corrected chi connectivity index (χ3v) is 2.89. The van der Waals surface area contributed by atoms with Gasteiger partial charge >= 0.3 is 11.9 Å². The van der Waals surface area contributed by atoms with Gasteiger partial charge in [0.15, 0.2) is 0 Å². The van der Waals surface area contributed by atoms with Crippen molar-refractivity contribution in [3.8, 4) is 5.75 Å². The van der Waals surface area contributed by atoms with E-state index in [1.807, 2.05) is 0 Å². The molecule has 0 aliphatic heterocycles. The average Bonchev–Trinajstić information content (AvgIpc) is 2.47. The molecule has 1 amide bonds. The zero-order valence-corrected chi connectivity index (χ0v) is 12.2. The fourth-order valence-corrected chi connectivity index (χ4v) is 1.69. The molecular weight excluding hydrogens is 302 g/mol. The van der Waals surface area contributed by atoms with Gasteiger partial charge in [0.2, 0.25) is 0 Å². The van der Waals surface area contributed by atoms with Crippen LogP contribution in [0.3, 0.4) is 0 Å². The minimum Gasteiger partial charge on any atom is -0.508 e. The maximum absolute atomic E-state index is 12.3. The summed E-state index contributed by atoms with van der Waals surface area (Å²) in [4.78, 5) is 35.9. The highest BCUT2D eigenvalue weighted by molar-refractivity contribution is 6.34. The Morgan fingerprint density at radius 2 is 1.67 bits per heavy atom. The molecule has 0 fully saturated rings. The second-order valence-electron chi connectivity index (χ2n) is 3.98. The molecular formula is C13H14ClNO6. The van der Waals surface area contributed by atoms with E-state index in [1.165, 1.54) is 12.1 Å². The average molecular weight is 316 g/mol. The molecule has 0 aromatic heterocycles. The van der Waals surface area contributed by atoms with E-state index in [-0.39, 0.29) is 16.3 Å². The number of methoxy groups -OCH3 is 2. The maximum Gasteiger partial charge on any atom is 0.325 e. The Kier molecular flexibility index (Phi) is 5.98. The lowest BCUT2D eigenvalue weighted by molar-refractivity contribution is -0.144. The fourth-order valence-electron chi connectivity index (χ4n) is 1.49. The van der Waals surface area contributed by atoms with Gasteiger partial charge in [-0.25, -0.2) is 0 Å². The summed E-state index contributed by atoms with van der Waals surface area (Å²) in [5.74, 6) is -2.28. The highest BCUT2D eigenvalue weighted by Crippen LogP contribution is 2.22. The number of hydrogen-bond acceptors (Lipinski definition) is 6. The molecule has 0 aliphatic carbocycles. The molecule has 0 aliphatic rings. The van der Waals surface area contributed by atoms with E-state index in [2.05, 4.69) is 9.47 Å². The highest BCUT2D eigenvalue weighted by atomic mass is 35.5. The number of nitrogens with zero attached hydrogens (tertiary/aromatic N) is 1. The molecule has 0 radical (unpaired) electrons. The van der Waals surface area contributed by atoms with Crippen molar-refractivity contribution in [2.24, 2.45) is 0 Å². The summed E-state index contributed by atoms with van der Waals surface area (Å²) in [6.07, 6.45) is 0. The molecule has 0 heterocycles. The lowest BCUT2D eigenvalue weighted by atomic mass is 10.2. The van der Waals surface area contributed by atoms with Gasteiger partial charge in [0.25, 0.3) is 5.91 Å². The number of aromatic hydroxyl groups is 1. The third kappa shape index (κ3) is 4.64. The van der Waals surface area contributed by atoms with Crippen LogP contribution in [0.4, 0.5) is 0 Å². The largest absolute Gasteiger partial charge is 0.508 e. The molecule has 21 heavy (non-hydrogen) atoms. The first-order chi connectivity index (χ1) is 9.88. The summed E-state index contributed by atoms with van der Waals surface area (Å²) >= 11 is 5.89. The van der Waals surface area contributed by atoms with Crippen molar-refractivity contribution in [3.05, 3.63) is 28.8 Å². The van der Waals surface area contributed by atoms with Crippen LogP contribution in [-0.4, -0.2) is 55.2 Å². The van der Waals surface area contributed by atoms with E-state index >= 15 is 0 Å². The van der Waals surface area contributed by atoms with Crippen LogP contribution in [0.15, 0.2) is 18.2 Å². The number of benzene rings is 1. The summed E-state index contributed by atoms with van der Waals surface area (Å²) in [5, 5.41) is 9.49. The molecule has 1 aromatic rings. The van der Waals surface area contributed by atoms with Crippen molar-refractivity contribution in [1.82, 2.24) is 4.90 Å². The van der Waals surface area contributed by atoms with Crippen molar-refractivity contribution >= 4 is 29.4 Å². The van der Waals surface area contributed by atoms with Crippen LogP contribution in [0.25, 0.3) is 0 Å². The molecule has 8 heteroatoms. The van der Waals surface area contributed by atoms with Crippen LogP contribution in [-0.2, 0) is 19.1 Å². The summed E-state index contributed by atoms with van der Waals surface area (Å²) in [7, 11) is 2.31. The van der Waals surface area contributed by atoms with Crippen molar-refractivity contribution in [3.63, 3.8) is 0 Å². The van der Waals surface area contributed by atoms with Crippen LogP contribution in [0.2, 0.25) is 5.02 Å². The molecule has 0 atom stereocenters. The SMILES string of the molecule is COC(=O)CN(CC(=O)OC)C(=O)c1cc(O)ccc1Cl. The highest BCUT2D eigenvalue weighted by Gasteiger charge is 2.24. The number of halogens is 1. The molecule has 1 rings (SSSR count). The van der Waals surface area contributed by atoms with E-state index in [0.717, 1.165) is 25.2 Å². The van der Waals surface area contributed by atoms with Crippen LogP contribution >= 0.6 is 11.6 Å². The Morgan fingerprint density at radius 1 is 1.14 bits per heavy atom. The number of hydrogen-bond donors (Lipinski definition) is 1. The number of carbonyl (C=O) groups is 3. The fraction of sp³-hybridized carbons (Fsp3) is 0.308. The molecule has 0 saturated heterocycles. The van der Waals surface area contributed by atoms with Gasteiger partial charge in [-0.2, -0.15) is 0 Å². The molecule has 7 nitrogen and oxygen atoms in total. The van der Waals surface area contributed by atoms with Crippen LogP contribution in [0.5, 0.6) is 5.75 Å². The molecule has 1 N–H and O–H groups in total. The summed E-state index contributed by atoms with van der Waals surface area (Å²) in [6.45, 7) is -0.896. The number of ether oxygens (including phenoxy) is 2. The minimum absolute atomic E-state index is 0.0375. The van der Waals surface area contributed by atoms with E-state index in [4.69, 9.17) is 11.6 Å². The second kappa shape index (κ2) is 7.49. The normalized spacial score (nSPS) is 9.86. The Balaban J connectivity index is 3.05. The van der Waals surface area contributed by atoms with Crippen LogP contribution < -0.4 is 0 Å². The van der Waals surface area contributed by atoms with Gasteiger partial charge in [0.05, 0.1) is 24.8 Å². The quantitative estimate of drug-likeness (QED) is 0.809. The predicted molar refractivity (Wildman–Crippen MR) is 73.1 cm³/mol. The van der Waals surface area contributed by atoms with E-state index < -0.39 is 30.9 Å². The Hall–Kier alpha value is -2.28. The first kappa shape index (κ1) is 16.8. The van der Waals surface area contributed by atoms with E-state index in [1.54, 1.807) is 0 Å². The van der Waals surface area contributed by atoms with Gasteiger partial charge in [0, 0.05) is 0 Å². The zero-order valence-electron chi connectivity index (χ0n) is 11.5. The third-order valence-electron chi connectivity index (χ3n) is 2.56. The number of phenolic OH excluding ortho intramolecular Hbond substituents is 1. The summed E-state index contributed by atoms with van der Waals surface area (Å²) < 4.78 is 8.94. The van der Waals surface area contributed by atoms with Gasteiger partial charge in [-0.05, 0) is 18.2 Å². The lowest BCUT2D eigenvalue weighted by Gasteiger charge is -2.20. The molecule has 1 aromatic carbocycles. The number of phenols is 1. The van der Waals surface area contributed by atoms with Gasteiger partial charge in [-0.1, -0.05) is 11.6 Å². The topological polar surface area (TPSA) is 93.1 Å². The van der Waals surface area contributed by atoms with Gasteiger partial charge in [0.1, 0.15) is 18.8 Å².